The summed E-state index contributed by atoms with van der Waals surface area (Å²) in [5.74, 6) is 0.341. The summed E-state index contributed by atoms with van der Waals surface area (Å²) >= 11 is 0. The van der Waals surface area contributed by atoms with E-state index < -0.39 is 0 Å². The molecule has 2 aromatic rings. The number of hydrogen-bond acceptors (Lipinski definition) is 3. The molecule has 0 aliphatic carbocycles. The summed E-state index contributed by atoms with van der Waals surface area (Å²) in [5.41, 5.74) is 3.81. The highest BCUT2D eigenvalue weighted by Gasteiger charge is 2.22. The van der Waals surface area contributed by atoms with Crippen molar-refractivity contribution in [1.29, 1.82) is 0 Å². The van der Waals surface area contributed by atoms with Gasteiger partial charge in [0.15, 0.2) is 0 Å². The highest BCUT2D eigenvalue weighted by molar-refractivity contribution is 5.95. The van der Waals surface area contributed by atoms with E-state index in [-0.39, 0.29) is 23.6 Å². The molecule has 0 bridgehead atoms. The number of rotatable bonds is 8. The second-order valence-corrected chi connectivity index (χ2v) is 8.71. The fourth-order valence-corrected chi connectivity index (χ4v) is 4.50. The van der Waals surface area contributed by atoms with Crippen LogP contribution in [-0.4, -0.2) is 48.8 Å². The molecule has 6 heteroatoms. The Morgan fingerprint density at radius 1 is 1.06 bits per heavy atom. The Balaban J connectivity index is 1.31. The second-order valence-electron chi connectivity index (χ2n) is 8.71. The van der Waals surface area contributed by atoms with Crippen LogP contribution < -0.4 is 10.6 Å². The smallest absolute Gasteiger partial charge is 0.251 e. The molecular formula is C26H31N3O3. The van der Waals surface area contributed by atoms with Gasteiger partial charge in [0.1, 0.15) is 0 Å². The summed E-state index contributed by atoms with van der Waals surface area (Å²) in [7, 11) is 0. The molecule has 2 aliphatic heterocycles. The number of nitrogens with one attached hydrogen (secondary N) is 2. The summed E-state index contributed by atoms with van der Waals surface area (Å²) in [4.78, 5) is 38.1. The van der Waals surface area contributed by atoms with Crippen molar-refractivity contribution < 1.29 is 14.4 Å². The number of carbonyl (C=O) groups excluding carboxylic acids is 3. The van der Waals surface area contributed by atoms with Crippen LogP contribution >= 0.6 is 0 Å². The van der Waals surface area contributed by atoms with E-state index in [4.69, 9.17) is 0 Å². The molecule has 2 fully saturated rings. The molecule has 168 valence electrons. The molecule has 3 amide bonds. The van der Waals surface area contributed by atoms with Gasteiger partial charge in [-0.3, -0.25) is 14.4 Å². The van der Waals surface area contributed by atoms with Crippen molar-refractivity contribution in [2.75, 3.05) is 26.2 Å². The molecule has 2 aromatic carbocycles. The van der Waals surface area contributed by atoms with Gasteiger partial charge in [-0.25, -0.2) is 0 Å². The first-order chi connectivity index (χ1) is 15.6. The number of benzene rings is 2. The average Bonchev–Trinajstić information content (AvgIpc) is 3.23. The molecule has 0 aromatic heterocycles. The van der Waals surface area contributed by atoms with E-state index in [1.807, 2.05) is 29.2 Å². The summed E-state index contributed by atoms with van der Waals surface area (Å²) in [6.07, 6.45) is 5.10. The molecule has 2 N–H and O–H groups in total. The normalized spacial score (nSPS) is 18.5. The Bertz CT molecular complexity index is 971. The molecule has 1 atom stereocenters. The summed E-state index contributed by atoms with van der Waals surface area (Å²) in [6, 6.07) is 15.9. The largest absolute Gasteiger partial charge is 0.356 e. The van der Waals surface area contributed by atoms with E-state index in [0.717, 1.165) is 61.9 Å². The first-order valence-corrected chi connectivity index (χ1v) is 11.6. The van der Waals surface area contributed by atoms with Crippen molar-refractivity contribution in [2.24, 2.45) is 5.92 Å². The molecule has 32 heavy (non-hydrogen) atoms. The lowest BCUT2D eigenvalue weighted by atomic mass is 9.91. The molecule has 4 rings (SSSR count). The molecule has 6 nitrogen and oxygen atoms in total. The van der Waals surface area contributed by atoms with Crippen LogP contribution in [0.5, 0.6) is 0 Å². The zero-order valence-corrected chi connectivity index (χ0v) is 18.4. The van der Waals surface area contributed by atoms with E-state index in [0.29, 0.717) is 25.1 Å². The maximum Gasteiger partial charge on any atom is 0.251 e. The predicted octanol–water partition coefficient (Wildman–Crippen LogP) is 3.16. The summed E-state index contributed by atoms with van der Waals surface area (Å²) < 4.78 is 0. The van der Waals surface area contributed by atoms with Crippen LogP contribution in [0.3, 0.4) is 0 Å². The van der Waals surface area contributed by atoms with Crippen molar-refractivity contribution >= 4 is 17.7 Å². The van der Waals surface area contributed by atoms with E-state index >= 15 is 0 Å². The minimum atomic E-state index is -0.0977. The maximum atomic E-state index is 12.6. The summed E-state index contributed by atoms with van der Waals surface area (Å²) in [6.45, 7) is 2.88. The second kappa shape index (κ2) is 10.4. The third-order valence-corrected chi connectivity index (χ3v) is 6.36. The van der Waals surface area contributed by atoms with Gasteiger partial charge in [0, 0.05) is 44.1 Å². The first-order valence-electron chi connectivity index (χ1n) is 11.6. The molecular weight excluding hydrogens is 402 g/mol. The molecule has 2 heterocycles. The molecule has 0 spiro atoms. The Labute approximate surface area is 189 Å². The summed E-state index contributed by atoms with van der Waals surface area (Å²) in [5, 5.41) is 5.91. The number of hydrogen-bond donors (Lipinski definition) is 2. The number of amides is 3. The highest BCUT2D eigenvalue weighted by atomic mass is 16.2. The van der Waals surface area contributed by atoms with Crippen LogP contribution in [-0.2, 0) is 16.0 Å². The lowest BCUT2D eigenvalue weighted by molar-refractivity contribution is -0.128. The number of piperidine rings is 1. The van der Waals surface area contributed by atoms with Crippen molar-refractivity contribution in [3.05, 3.63) is 59.7 Å². The zero-order chi connectivity index (χ0) is 22.3. The maximum absolute atomic E-state index is 12.6. The fraction of sp³-hybridized carbons (Fsp3) is 0.423. The average molecular weight is 434 g/mol. The predicted molar refractivity (Wildman–Crippen MR) is 124 cm³/mol. The molecule has 0 saturated carbocycles. The number of carbonyl (C=O) groups is 3. The highest BCUT2D eigenvalue weighted by Crippen LogP contribution is 2.23. The van der Waals surface area contributed by atoms with Crippen molar-refractivity contribution in [1.82, 2.24) is 15.5 Å². The number of likely N-dealkylation sites (tertiary alicyclic amines) is 1. The minimum absolute atomic E-state index is 0.0604. The van der Waals surface area contributed by atoms with E-state index in [2.05, 4.69) is 34.9 Å². The van der Waals surface area contributed by atoms with Crippen LogP contribution in [0.25, 0.3) is 11.1 Å². The van der Waals surface area contributed by atoms with Crippen LogP contribution in [0.2, 0.25) is 0 Å². The monoisotopic (exact) mass is 433 g/mol. The van der Waals surface area contributed by atoms with Crippen LogP contribution in [0.4, 0.5) is 0 Å². The van der Waals surface area contributed by atoms with Gasteiger partial charge >= 0.3 is 0 Å². The van der Waals surface area contributed by atoms with Crippen molar-refractivity contribution in [3.63, 3.8) is 0 Å². The van der Waals surface area contributed by atoms with Gasteiger partial charge in [-0.1, -0.05) is 36.4 Å². The minimum Gasteiger partial charge on any atom is -0.356 e. The quantitative estimate of drug-likeness (QED) is 0.628. The third-order valence-electron chi connectivity index (χ3n) is 6.36. The topological polar surface area (TPSA) is 78.5 Å². The first kappa shape index (κ1) is 22.1. The Kier molecular flexibility index (Phi) is 7.20. The Morgan fingerprint density at radius 3 is 2.66 bits per heavy atom. The van der Waals surface area contributed by atoms with Crippen LogP contribution in [0, 0.1) is 5.92 Å². The van der Waals surface area contributed by atoms with Gasteiger partial charge in [-0.05, 0) is 60.9 Å². The SMILES string of the molecule is O=C(NCCCN1CCCC1=O)c1cccc(-c2ccc(CC3CCCNC3=O)cc2)c1. The lowest BCUT2D eigenvalue weighted by Crippen LogP contribution is -2.37. The molecule has 0 radical (unpaired) electrons. The third kappa shape index (κ3) is 5.55. The van der Waals surface area contributed by atoms with E-state index in [9.17, 15) is 14.4 Å². The van der Waals surface area contributed by atoms with Gasteiger partial charge in [0.25, 0.3) is 5.91 Å². The fourth-order valence-electron chi connectivity index (χ4n) is 4.50. The van der Waals surface area contributed by atoms with Gasteiger partial charge in [0.05, 0.1) is 0 Å². The van der Waals surface area contributed by atoms with Gasteiger partial charge in [-0.15, -0.1) is 0 Å². The zero-order valence-electron chi connectivity index (χ0n) is 18.4. The Morgan fingerprint density at radius 2 is 1.91 bits per heavy atom. The van der Waals surface area contributed by atoms with Gasteiger partial charge in [-0.2, -0.15) is 0 Å². The van der Waals surface area contributed by atoms with Crippen molar-refractivity contribution in [3.8, 4) is 11.1 Å². The van der Waals surface area contributed by atoms with Crippen LogP contribution in [0.15, 0.2) is 48.5 Å². The van der Waals surface area contributed by atoms with Gasteiger partial charge in [0.2, 0.25) is 11.8 Å². The number of nitrogens with zero attached hydrogens (tertiary/aromatic N) is 1. The molecule has 2 aliphatic rings. The van der Waals surface area contributed by atoms with Crippen molar-refractivity contribution in [2.45, 2.75) is 38.5 Å². The molecule has 1 unspecified atom stereocenters. The van der Waals surface area contributed by atoms with Gasteiger partial charge < -0.3 is 15.5 Å². The molecule has 2 saturated heterocycles. The lowest BCUT2D eigenvalue weighted by Gasteiger charge is -2.21. The van der Waals surface area contributed by atoms with Crippen LogP contribution in [0.1, 0.15) is 48.0 Å². The Hall–Kier alpha value is -3.15. The standard InChI is InChI=1S/C26H31N3O3/c30-24-8-3-15-29(24)16-4-14-28-26(32)23-6-1-5-21(18-23)20-11-9-19(10-12-20)17-22-7-2-13-27-25(22)31/h1,5-6,9-12,18,22H,2-4,7-8,13-17H2,(H,27,31)(H,28,32). The van der Waals surface area contributed by atoms with E-state index in [1.165, 1.54) is 0 Å². The van der Waals surface area contributed by atoms with E-state index in [1.54, 1.807) is 0 Å².